The highest BCUT2D eigenvalue weighted by atomic mass is 32.2. The second-order valence-corrected chi connectivity index (χ2v) is 7.72. The summed E-state index contributed by atoms with van der Waals surface area (Å²) in [6.07, 6.45) is 4.54. The highest BCUT2D eigenvalue weighted by Gasteiger charge is 2.16. The maximum atomic E-state index is 12.7. The van der Waals surface area contributed by atoms with E-state index in [0.29, 0.717) is 23.3 Å². The number of carbonyl (C=O) groups is 1. The highest BCUT2D eigenvalue weighted by molar-refractivity contribution is 7.99. The van der Waals surface area contributed by atoms with Gasteiger partial charge in [0.2, 0.25) is 5.16 Å². The second-order valence-electron chi connectivity index (χ2n) is 6.78. The Morgan fingerprint density at radius 3 is 2.86 bits per heavy atom. The summed E-state index contributed by atoms with van der Waals surface area (Å²) in [5.74, 6) is 2.60. The SMILES string of the molecule is COCCCn1c(C)cc(C(=O)CSc2n[nH]c(/C=C/c3ccc(C)o3)n2)c1C. The second kappa shape index (κ2) is 9.76. The first-order valence-corrected chi connectivity index (χ1v) is 10.4. The minimum atomic E-state index is 0.0778. The molecule has 0 saturated carbocycles. The molecule has 1 N–H and O–H groups in total. The number of Topliss-reactive ketones (excluding diaryl/α,β-unsaturated/α-hetero) is 1. The van der Waals surface area contributed by atoms with Gasteiger partial charge in [0, 0.05) is 37.2 Å². The van der Waals surface area contributed by atoms with E-state index in [1.807, 2.05) is 45.0 Å². The largest absolute Gasteiger partial charge is 0.462 e. The zero-order chi connectivity index (χ0) is 20.8. The Morgan fingerprint density at radius 1 is 1.31 bits per heavy atom. The highest BCUT2D eigenvalue weighted by Crippen LogP contribution is 2.21. The third kappa shape index (κ3) is 5.48. The van der Waals surface area contributed by atoms with E-state index in [1.165, 1.54) is 11.8 Å². The Balaban J connectivity index is 1.58. The molecule has 0 spiro atoms. The van der Waals surface area contributed by atoms with Gasteiger partial charge < -0.3 is 13.7 Å². The number of nitrogens with one attached hydrogen (secondary N) is 1. The number of furan rings is 1. The Kier molecular flexibility index (Phi) is 7.11. The van der Waals surface area contributed by atoms with Crippen molar-refractivity contribution in [3.63, 3.8) is 0 Å². The number of nitrogens with zero attached hydrogens (tertiary/aromatic N) is 3. The Bertz CT molecular complexity index is 1000. The molecule has 29 heavy (non-hydrogen) atoms. The van der Waals surface area contributed by atoms with Crippen molar-refractivity contribution in [1.82, 2.24) is 19.7 Å². The summed E-state index contributed by atoms with van der Waals surface area (Å²) in [6, 6.07) is 5.76. The molecule has 0 aliphatic rings. The summed E-state index contributed by atoms with van der Waals surface area (Å²) < 4.78 is 12.8. The molecule has 0 fully saturated rings. The van der Waals surface area contributed by atoms with Gasteiger partial charge in [-0.3, -0.25) is 9.89 Å². The van der Waals surface area contributed by atoms with Gasteiger partial charge in [-0.25, -0.2) is 4.98 Å². The lowest BCUT2D eigenvalue weighted by Crippen LogP contribution is -2.08. The van der Waals surface area contributed by atoms with Crippen LogP contribution in [0.4, 0.5) is 0 Å². The van der Waals surface area contributed by atoms with Crippen LogP contribution < -0.4 is 0 Å². The summed E-state index contributed by atoms with van der Waals surface area (Å²) in [4.78, 5) is 17.1. The number of hydrogen-bond acceptors (Lipinski definition) is 6. The van der Waals surface area contributed by atoms with Gasteiger partial charge in [0.25, 0.3) is 0 Å². The molecule has 0 aliphatic heterocycles. The molecule has 0 bridgehead atoms. The zero-order valence-electron chi connectivity index (χ0n) is 17.2. The molecule has 3 rings (SSSR count). The number of aryl methyl sites for hydroxylation is 2. The van der Waals surface area contributed by atoms with Crippen LogP contribution in [0.5, 0.6) is 0 Å². The number of rotatable bonds is 10. The molecule has 0 saturated heterocycles. The third-order valence-electron chi connectivity index (χ3n) is 4.59. The molecule has 8 heteroatoms. The van der Waals surface area contributed by atoms with Crippen LogP contribution in [0.3, 0.4) is 0 Å². The fourth-order valence-corrected chi connectivity index (χ4v) is 3.79. The lowest BCUT2D eigenvalue weighted by molar-refractivity contribution is 0.102. The van der Waals surface area contributed by atoms with Crippen molar-refractivity contribution in [2.45, 2.75) is 38.9 Å². The van der Waals surface area contributed by atoms with Gasteiger partial charge in [-0.15, -0.1) is 5.10 Å². The Labute approximate surface area is 174 Å². The number of ketones is 1. The van der Waals surface area contributed by atoms with Crippen molar-refractivity contribution in [1.29, 1.82) is 0 Å². The van der Waals surface area contributed by atoms with Gasteiger partial charge in [0.1, 0.15) is 17.3 Å². The van der Waals surface area contributed by atoms with Crippen LogP contribution >= 0.6 is 11.8 Å². The first-order chi connectivity index (χ1) is 14.0. The van der Waals surface area contributed by atoms with Crippen LogP contribution in [0, 0.1) is 20.8 Å². The molecule has 0 aliphatic carbocycles. The normalized spacial score (nSPS) is 11.6. The van der Waals surface area contributed by atoms with Crippen LogP contribution in [0.2, 0.25) is 0 Å². The molecular formula is C21H26N4O3S. The molecule has 3 heterocycles. The lowest BCUT2D eigenvalue weighted by atomic mass is 10.2. The molecule has 154 valence electrons. The van der Waals surface area contributed by atoms with Crippen LogP contribution in [-0.4, -0.2) is 45.0 Å². The Morgan fingerprint density at radius 2 is 2.14 bits per heavy atom. The molecule has 3 aromatic heterocycles. The first-order valence-electron chi connectivity index (χ1n) is 9.46. The van der Waals surface area contributed by atoms with Gasteiger partial charge in [-0.1, -0.05) is 11.8 Å². The monoisotopic (exact) mass is 414 g/mol. The smallest absolute Gasteiger partial charge is 0.209 e. The van der Waals surface area contributed by atoms with E-state index >= 15 is 0 Å². The number of aromatic amines is 1. The predicted molar refractivity (Wildman–Crippen MR) is 114 cm³/mol. The quantitative estimate of drug-likeness (QED) is 0.302. The average Bonchev–Trinajstić information content (AvgIpc) is 3.40. The molecule has 0 aromatic carbocycles. The van der Waals surface area contributed by atoms with E-state index in [4.69, 9.17) is 9.15 Å². The van der Waals surface area contributed by atoms with Crippen LogP contribution in [-0.2, 0) is 11.3 Å². The lowest BCUT2D eigenvalue weighted by Gasteiger charge is -2.09. The molecular weight excluding hydrogens is 388 g/mol. The summed E-state index contributed by atoms with van der Waals surface area (Å²) >= 11 is 1.33. The average molecular weight is 415 g/mol. The fraction of sp³-hybridized carbons (Fsp3) is 0.381. The maximum Gasteiger partial charge on any atom is 0.209 e. The molecule has 0 radical (unpaired) electrons. The van der Waals surface area contributed by atoms with Crippen molar-refractivity contribution in [3.8, 4) is 0 Å². The first kappa shape index (κ1) is 21.1. The number of carbonyl (C=O) groups excluding carboxylic acids is 1. The standard InChI is InChI=1S/C21H26N4O3S/c1-14-12-18(16(3)25(14)10-5-11-27-4)19(26)13-29-21-22-20(23-24-21)9-8-17-7-6-15(2)28-17/h6-9,12H,5,10-11,13H2,1-4H3,(H,22,23,24)/b9-8+. The fourth-order valence-electron chi connectivity index (χ4n) is 3.10. The maximum absolute atomic E-state index is 12.7. The summed E-state index contributed by atoms with van der Waals surface area (Å²) in [6.45, 7) is 7.46. The van der Waals surface area contributed by atoms with Gasteiger partial charge in [0.15, 0.2) is 5.78 Å². The Hall–Kier alpha value is -2.58. The van der Waals surface area contributed by atoms with Gasteiger partial charge >= 0.3 is 0 Å². The van der Waals surface area contributed by atoms with E-state index in [9.17, 15) is 4.79 Å². The van der Waals surface area contributed by atoms with E-state index < -0.39 is 0 Å². The van der Waals surface area contributed by atoms with Crippen molar-refractivity contribution < 1.29 is 13.9 Å². The van der Waals surface area contributed by atoms with Gasteiger partial charge in [-0.05, 0) is 57.5 Å². The molecule has 0 unspecified atom stereocenters. The number of ether oxygens (including phenoxy) is 1. The zero-order valence-corrected chi connectivity index (χ0v) is 18.0. The van der Waals surface area contributed by atoms with Crippen molar-refractivity contribution in [3.05, 3.63) is 52.5 Å². The minimum absolute atomic E-state index is 0.0778. The van der Waals surface area contributed by atoms with E-state index in [-0.39, 0.29) is 5.78 Å². The van der Waals surface area contributed by atoms with E-state index in [0.717, 1.165) is 41.4 Å². The molecule has 0 atom stereocenters. The van der Waals surface area contributed by atoms with Gasteiger partial charge in [-0.2, -0.15) is 0 Å². The van der Waals surface area contributed by atoms with Crippen LogP contribution in [0.15, 0.2) is 27.8 Å². The van der Waals surface area contributed by atoms with E-state index in [1.54, 1.807) is 13.2 Å². The third-order valence-corrected chi connectivity index (χ3v) is 5.43. The van der Waals surface area contributed by atoms with Crippen molar-refractivity contribution in [2.24, 2.45) is 0 Å². The molecule has 3 aromatic rings. The summed E-state index contributed by atoms with van der Waals surface area (Å²) in [7, 11) is 1.70. The summed E-state index contributed by atoms with van der Waals surface area (Å²) in [5.41, 5.74) is 2.85. The van der Waals surface area contributed by atoms with Crippen LogP contribution in [0.1, 0.15) is 45.5 Å². The van der Waals surface area contributed by atoms with Gasteiger partial charge in [0.05, 0.1) is 5.75 Å². The minimum Gasteiger partial charge on any atom is -0.462 e. The number of methoxy groups -OCH3 is 1. The molecule has 7 nitrogen and oxygen atoms in total. The van der Waals surface area contributed by atoms with Crippen molar-refractivity contribution in [2.75, 3.05) is 19.5 Å². The number of H-pyrrole nitrogens is 1. The molecule has 0 amide bonds. The van der Waals surface area contributed by atoms with Crippen LogP contribution in [0.25, 0.3) is 12.2 Å². The predicted octanol–water partition coefficient (Wildman–Crippen LogP) is 4.31. The number of aromatic nitrogens is 4. The summed E-state index contributed by atoms with van der Waals surface area (Å²) in [5, 5.41) is 7.57. The van der Waals surface area contributed by atoms with E-state index in [2.05, 4.69) is 19.7 Å². The number of thioether (sulfide) groups is 1. The topological polar surface area (TPSA) is 85.9 Å². The number of hydrogen-bond donors (Lipinski definition) is 1. The van der Waals surface area contributed by atoms with Crippen molar-refractivity contribution >= 4 is 29.7 Å².